The average molecular weight is 449 g/mol. The van der Waals surface area contributed by atoms with Crippen molar-refractivity contribution in [3.63, 3.8) is 0 Å². The number of hydrogen-bond acceptors (Lipinski definition) is 4. The maximum absolute atomic E-state index is 13.7. The van der Waals surface area contributed by atoms with Crippen molar-refractivity contribution in [3.8, 4) is 17.1 Å². The molecule has 0 atom stereocenters. The van der Waals surface area contributed by atoms with Gasteiger partial charge in [0, 0.05) is 23.2 Å². The van der Waals surface area contributed by atoms with Gasteiger partial charge in [0.25, 0.3) is 5.91 Å². The number of carbonyl (C=O) groups excluding carboxylic acids is 2. The zero-order valence-electron chi connectivity index (χ0n) is 17.8. The molecule has 1 amide bonds. The van der Waals surface area contributed by atoms with E-state index < -0.39 is 6.55 Å². The fourth-order valence-electron chi connectivity index (χ4n) is 3.44. The van der Waals surface area contributed by atoms with E-state index in [1.165, 1.54) is 0 Å². The fraction of sp³-hybridized carbons (Fsp3) is 0.160. The topological polar surface area (TPSA) is 73.2 Å². The van der Waals surface area contributed by atoms with Crippen molar-refractivity contribution < 1.29 is 23.1 Å². The molecule has 0 radical (unpaired) electrons. The lowest BCUT2D eigenvalue weighted by molar-refractivity contribution is -0.118. The van der Waals surface area contributed by atoms with Crippen LogP contribution in [0.4, 0.5) is 14.5 Å². The molecule has 4 rings (SSSR count). The Hall–Kier alpha value is -4.07. The number of aromatic nitrogens is 2. The van der Waals surface area contributed by atoms with Gasteiger partial charge in [0.15, 0.2) is 12.4 Å². The van der Waals surface area contributed by atoms with Gasteiger partial charge in [-0.05, 0) is 60.7 Å². The Morgan fingerprint density at radius 1 is 1.00 bits per heavy atom. The Balaban J connectivity index is 1.41. The smallest absolute Gasteiger partial charge is 0.320 e. The average Bonchev–Trinajstić information content (AvgIpc) is 3.23. The second-order valence-electron chi connectivity index (χ2n) is 7.29. The highest BCUT2D eigenvalue weighted by Crippen LogP contribution is 2.30. The van der Waals surface area contributed by atoms with Crippen LogP contribution in [-0.2, 0) is 4.79 Å². The number of fused-ring (bicyclic) bond motifs is 1. The normalized spacial score (nSPS) is 11.0. The molecule has 3 aromatic carbocycles. The molecular formula is C25H21F2N3O3. The first kappa shape index (κ1) is 22.1. The van der Waals surface area contributed by atoms with Crippen molar-refractivity contribution in [1.82, 2.24) is 9.55 Å². The molecule has 0 spiro atoms. The number of nitrogens with zero attached hydrogens (tertiary/aromatic N) is 2. The summed E-state index contributed by atoms with van der Waals surface area (Å²) in [4.78, 5) is 28.2. The summed E-state index contributed by atoms with van der Waals surface area (Å²) < 4.78 is 33.7. The van der Waals surface area contributed by atoms with E-state index in [0.29, 0.717) is 40.0 Å². The van der Waals surface area contributed by atoms with Crippen LogP contribution in [0.1, 0.15) is 30.3 Å². The van der Waals surface area contributed by atoms with Gasteiger partial charge in [-0.1, -0.05) is 19.1 Å². The van der Waals surface area contributed by atoms with E-state index in [9.17, 15) is 18.4 Å². The summed E-state index contributed by atoms with van der Waals surface area (Å²) in [5.74, 6) is 0.277. The number of rotatable bonds is 8. The number of imidazole rings is 1. The Morgan fingerprint density at radius 2 is 1.70 bits per heavy atom. The van der Waals surface area contributed by atoms with Crippen LogP contribution >= 0.6 is 0 Å². The third kappa shape index (κ3) is 4.90. The Morgan fingerprint density at radius 3 is 2.36 bits per heavy atom. The van der Waals surface area contributed by atoms with Crippen molar-refractivity contribution in [1.29, 1.82) is 0 Å². The molecule has 4 aromatic rings. The summed E-state index contributed by atoms with van der Waals surface area (Å²) in [5.41, 5.74) is 2.42. The minimum absolute atomic E-state index is 0.0341. The number of anilines is 1. The van der Waals surface area contributed by atoms with Gasteiger partial charge in [0.1, 0.15) is 11.6 Å². The number of Topliss-reactive ketones (excluding diaryl/α,β-unsaturated/α-hetero) is 1. The van der Waals surface area contributed by atoms with Crippen LogP contribution in [0.25, 0.3) is 22.4 Å². The number of benzene rings is 3. The summed E-state index contributed by atoms with van der Waals surface area (Å²) in [7, 11) is 0. The van der Waals surface area contributed by atoms with Gasteiger partial charge in [-0.3, -0.25) is 14.2 Å². The van der Waals surface area contributed by atoms with Crippen LogP contribution in [0.2, 0.25) is 0 Å². The highest BCUT2D eigenvalue weighted by atomic mass is 19.3. The standard InChI is InChI=1S/C25H21F2N3O3/c1-2-22(31)16-9-13-19(14-10-16)33-15-23(32)28-18-11-7-17(8-12-18)24-29-20-5-3-4-6-21(20)30(24)25(26)27/h3-14,25H,2,15H2,1H3,(H,28,32). The molecule has 168 valence electrons. The largest absolute Gasteiger partial charge is 0.484 e. The first-order valence-corrected chi connectivity index (χ1v) is 10.4. The van der Waals surface area contributed by atoms with Crippen molar-refractivity contribution in [2.45, 2.75) is 19.9 Å². The zero-order chi connectivity index (χ0) is 23.4. The number of amides is 1. The number of hydrogen-bond donors (Lipinski definition) is 1. The molecule has 0 saturated carbocycles. The summed E-state index contributed by atoms with van der Waals surface area (Å²) in [5, 5.41) is 2.70. The highest BCUT2D eigenvalue weighted by molar-refractivity contribution is 5.96. The lowest BCUT2D eigenvalue weighted by Gasteiger charge is -2.10. The highest BCUT2D eigenvalue weighted by Gasteiger charge is 2.18. The molecule has 0 aliphatic heterocycles. The molecule has 0 unspecified atom stereocenters. The number of halogens is 2. The minimum atomic E-state index is -2.74. The second-order valence-corrected chi connectivity index (χ2v) is 7.29. The number of carbonyl (C=O) groups is 2. The molecule has 0 bridgehead atoms. The van der Waals surface area contributed by atoms with Crippen LogP contribution < -0.4 is 10.1 Å². The van der Waals surface area contributed by atoms with Crippen LogP contribution in [0.15, 0.2) is 72.8 Å². The third-order valence-electron chi connectivity index (χ3n) is 5.09. The van der Waals surface area contributed by atoms with Gasteiger partial charge in [0.2, 0.25) is 0 Å². The molecular weight excluding hydrogens is 428 g/mol. The van der Waals surface area contributed by atoms with Crippen LogP contribution in [0, 0.1) is 0 Å². The number of nitrogens with one attached hydrogen (secondary N) is 1. The Kier molecular flexibility index (Phi) is 6.44. The van der Waals surface area contributed by atoms with Crippen molar-refractivity contribution in [3.05, 3.63) is 78.4 Å². The Labute approximate surface area is 188 Å². The quantitative estimate of drug-likeness (QED) is 0.350. The summed E-state index contributed by atoms with van der Waals surface area (Å²) in [6.45, 7) is -1.17. The van der Waals surface area contributed by atoms with E-state index in [0.717, 1.165) is 4.57 Å². The molecule has 1 heterocycles. The molecule has 6 nitrogen and oxygen atoms in total. The van der Waals surface area contributed by atoms with E-state index >= 15 is 0 Å². The van der Waals surface area contributed by atoms with E-state index in [4.69, 9.17) is 4.74 Å². The van der Waals surface area contributed by atoms with Crippen LogP contribution in [0.5, 0.6) is 5.75 Å². The predicted molar refractivity (Wildman–Crippen MR) is 122 cm³/mol. The lowest BCUT2D eigenvalue weighted by atomic mass is 10.1. The number of ether oxygens (including phenoxy) is 1. The summed E-state index contributed by atoms with van der Waals surface area (Å²) in [6.07, 6.45) is 0.419. The van der Waals surface area contributed by atoms with Crippen molar-refractivity contribution >= 4 is 28.4 Å². The maximum Gasteiger partial charge on any atom is 0.320 e. The van der Waals surface area contributed by atoms with Crippen LogP contribution in [-0.4, -0.2) is 27.8 Å². The minimum Gasteiger partial charge on any atom is -0.484 e. The fourth-order valence-corrected chi connectivity index (χ4v) is 3.44. The third-order valence-corrected chi connectivity index (χ3v) is 5.09. The van der Waals surface area contributed by atoms with Gasteiger partial charge >= 0.3 is 6.55 Å². The zero-order valence-corrected chi connectivity index (χ0v) is 17.8. The first-order chi connectivity index (χ1) is 16.0. The van der Waals surface area contributed by atoms with Gasteiger partial charge in [-0.15, -0.1) is 0 Å². The van der Waals surface area contributed by atoms with E-state index in [-0.39, 0.29) is 24.1 Å². The molecule has 0 aliphatic rings. The molecule has 1 N–H and O–H groups in total. The second kappa shape index (κ2) is 9.60. The van der Waals surface area contributed by atoms with Gasteiger partial charge in [0.05, 0.1) is 11.0 Å². The summed E-state index contributed by atoms with van der Waals surface area (Å²) >= 11 is 0. The molecule has 1 aromatic heterocycles. The maximum atomic E-state index is 13.7. The van der Waals surface area contributed by atoms with Crippen molar-refractivity contribution in [2.24, 2.45) is 0 Å². The number of para-hydroxylation sites is 2. The summed E-state index contributed by atoms with van der Waals surface area (Å²) in [6, 6.07) is 19.8. The number of ketones is 1. The van der Waals surface area contributed by atoms with Crippen LogP contribution in [0.3, 0.4) is 0 Å². The Bertz CT molecular complexity index is 1280. The SMILES string of the molecule is CCC(=O)c1ccc(OCC(=O)Nc2ccc(-c3nc4ccccc4n3C(F)F)cc2)cc1. The van der Waals surface area contributed by atoms with E-state index in [1.807, 2.05) is 0 Å². The monoisotopic (exact) mass is 449 g/mol. The molecule has 0 saturated heterocycles. The van der Waals surface area contributed by atoms with Crippen molar-refractivity contribution in [2.75, 3.05) is 11.9 Å². The number of alkyl halides is 2. The molecule has 33 heavy (non-hydrogen) atoms. The first-order valence-electron chi connectivity index (χ1n) is 10.4. The van der Waals surface area contributed by atoms with Gasteiger partial charge in [-0.25, -0.2) is 4.98 Å². The van der Waals surface area contributed by atoms with E-state index in [2.05, 4.69) is 10.3 Å². The lowest BCUT2D eigenvalue weighted by Crippen LogP contribution is -2.20. The predicted octanol–water partition coefficient (Wildman–Crippen LogP) is 5.71. The molecule has 0 aliphatic carbocycles. The molecule has 8 heteroatoms. The van der Waals surface area contributed by atoms with Gasteiger partial charge < -0.3 is 10.1 Å². The van der Waals surface area contributed by atoms with Gasteiger partial charge in [-0.2, -0.15) is 8.78 Å². The van der Waals surface area contributed by atoms with E-state index in [1.54, 1.807) is 79.7 Å². The molecule has 0 fully saturated rings.